The molecule has 0 saturated heterocycles. The summed E-state index contributed by atoms with van der Waals surface area (Å²) >= 11 is 0. The monoisotopic (exact) mass is 431 g/mol. The van der Waals surface area contributed by atoms with Gasteiger partial charge in [0.25, 0.3) is 0 Å². The van der Waals surface area contributed by atoms with E-state index in [4.69, 9.17) is 0 Å². The zero-order valence-corrected chi connectivity index (χ0v) is 18.3. The van der Waals surface area contributed by atoms with Gasteiger partial charge in [-0.25, -0.2) is 13.2 Å². The van der Waals surface area contributed by atoms with Crippen molar-refractivity contribution in [3.05, 3.63) is 53.3 Å². The van der Waals surface area contributed by atoms with E-state index >= 15 is 0 Å². The molecule has 1 aliphatic heterocycles. The maximum absolute atomic E-state index is 12.4. The van der Waals surface area contributed by atoms with Crippen LogP contribution in [0.25, 0.3) is 0 Å². The second-order valence-electron chi connectivity index (χ2n) is 7.41. The molecule has 162 valence electrons. The lowest BCUT2D eigenvalue weighted by Crippen LogP contribution is -2.37. The highest BCUT2D eigenvalue weighted by Crippen LogP contribution is 2.26. The molecule has 0 bridgehead atoms. The molecule has 1 aromatic carbocycles. The van der Waals surface area contributed by atoms with Crippen LogP contribution < -0.4 is 16.0 Å². The summed E-state index contributed by atoms with van der Waals surface area (Å²) in [5.41, 5.74) is 4.68. The summed E-state index contributed by atoms with van der Waals surface area (Å²) in [6.07, 6.45) is 2.46. The Morgan fingerprint density at radius 2 is 2.03 bits per heavy atom. The second-order valence-corrected chi connectivity index (χ2v) is 9.77. The zero-order chi connectivity index (χ0) is 21.6. The summed E-state index contributed by atoms with van der Waals surface area (Å²) in [6.45, 7) is 6.58. The van der Waals surface area contributed by atoms with Crippen LogP contribution in [0.3, 0.4) is 0 Å². The first-order valence-corrected chi connectivity index (χ1v) is 11.9. The third kappa shape index (κ3) is 6.25. The van der Waals surface area contributed by atoms with Crippen LogP contribution in [0.4, 0.5) is 16.2 Å². The molecule has 9 heteroatoms. The number of amides is 2. The molecule has 2 amide bonds. The fourth-order valence-corrected chi connectivity index (χ4v) is 4.03. The van der Waals surface area contributed by atoms with E-state index in [1.165, 1.54) is 5.56 Å². The Morgan fingerprint density at radius 3 is 2.77 bits per heavy atom. The van der Waals surface area contributed by atoms with Crippen LogP contribution in [0.2, 0.25) is 0 Å². The maximum atomic E-state index is 12.4. The first-order chi connectivity index (χ1) is 14.4. The van der Waals surface area contributed by atoms with Crippen LogP contribution in [0.1, 0.15) is 23.7 Å². The van der Waals surface area contributed by atoms with Gasteiger partial charge in [-0.05, 0) is 42.7 Å². The Balaban J connectivity index is 1.54. The van der Waals surface area contributed by atoms with Gasteiger partial charge in [0.15, 0.2) is 9.84 Å². The van der Waals surface area contributed by atoms with Gasteiger partial charge in [-0.1, -0.05) is 19.1 Å². The Hall–Kier alpha value is -2.49. The number of sulfone groups is 1. The van der Waals surface area contributed by atoms with Crippen molar-refractivity contribution in [3.63, 3.8) is 0 Å². The van der Waals surface area contributed by atoms with E-state index in [1.54, 1.807) is 13.1 Å². The Morgan fingerprint density at radius 1 is 1.20 bits per heavy atom. The minimum Gasteiger partial charge on any atom is -0.307 e. The van der Waals surface area contributed by atoms with E-state index in [2.05, 4.69) is 31.9 Å². The van der Waals surface area contributed by atoms with Crippen molar-refractivity contribution in [2.45, 2.75) is 26.8 Å². The summed E-state index contributed by atoms with van der Waals surface area (Å²) in [7, 11) is -2.99. The smallest absolute Gasteiger partial charge is 0.307 e. The summed E-state index contributed by atoms with van der Waals surface area (Å²) in [5, 5.41) is 8.76. The highest BCUT2D eigenvalue weighted by Gasteiger charge is 2.19. The van der Waals surface area contributed by atoms with E-state index in [1.807, 2.05) is 31.2 Å². The minimum absolute atomic E-state index is 0.0214. The van der Waals surface area contributed by atoms with Gasteiger partial charge < -0.3 is 16.0 Å². The van der Waals surface area contributed by atoms with Gasteiger partial charge in [0.05, 0.1) is 17.8 Å². The summed E-state index contributed by atoms with van der Waals surface area (Å²) in [4.78, 5) is 18.8. The quantitative estimate of drug-likeness (QED) is 0.555. The summed E-state index contributed by atoms with van der Waals surface area (Å²) in [5.74, 6) is 0.175. The first-order valence-electron chi connectivity index (χ1n) is 10.1. The van der Waals surface area contributed by atoms with E-state index in [-0.39, 0.29) is 17.7 Å². The van der Waals surface area contributed by atoms with E-state index in [0.717, 1.165) is 43.0 Å². The number of urea groups is 1. The van der Waals surface area contributed by atoms with Gasteiger partial charge in [0.2, 0.25) is 0 Å². The van der Waals surface area contributed by atoms with Gasteiger partial charge in [0.1, 0.15) is 0 Å². The molecule has 1 aliphatic rings. The molecule has 1 aromatic heterocycles. The average molecular weight is 432 g/mol. The summed E-state index contributed by atoms with van der Waals surface area (Å²) < 4.78 is 23.1. The molecule has 3 N–H and O–H groups in total. The number of anilines is 2. The van der Waals surface area contributed by atoms with Gasteiger partial charge in [0, 0.05) is 43.3 Å². The van der Waals surface area contributed by atoms with E-state index in [0.29, 0.717) is 12.2 Å². The van der Waals surface area contributed by atoms with Gasteiger partial charge in [-0.3, -0.25) is 9.88 Å². The zero-order valence-electron chi connectivity index (χ0n) is 17.4. The number of benzene rings is 1. The molecule has 8 nitrogen and oxygen atoms in total. The standard InChI is InChI=1S/C21H29N5O3S/c1-3-30(28,29)15-22-10-12-26-11-9-19-17(14-26)5-4-6-20(19)25-21(27)24-18-8-7-16(2)23-13-18/h4-8,13,22H,3,9-12,14-15H2,1-2H3,(H2,24,25,27). The number of carbonyl (C=O) groups is 1. The molecule has 0 saturated carbocycles. The van der Waals surface area contributed by atoms with Crippen LogP contribution in [-0.2, 0) is 22.8 Å². The Labute approximate surface area is 178 Å². The van der Waals surface area contributed by atoms with Crippen LogP contribution >= 0.6 is 0 Å². The van der Waals surface area contributed by atoms with Crippen molar-refractivity contribution in [1.82, 2.24) is 15.2 Å². The number of aryl methyl sites for hydroxylation is 1. The van der Waals surface area contributed by atoms with Crippen molar-refractivity contribution in [2.75, 3.05) is 41.9 Å². The molecule has 0 fully saturated rings. The predicted octanol–water partition coefficient (Wildman–Crippen LogP) is 2.37. The highest BCUT2D eigenvalue weighted by molar-refractivity contribution is 7.91. The van der Waals surface area contributed by atoms with Gasteiger partial charge in [-0.2, -0.15) is 0 Å². The number of nitrogens with zero attached hydrogens (tertiary/aromatic N) is 2. The van der Waals surface area contributed by atoms with Crippen molar-refractivity contribution in [1.29, 1.82) is 0 Å². The number of hydrogen-bond acceptors (Lipinski definition) is 6. The SMILES string of the molecule is CCS(=O)(=O)CNCCN1CCc2c(cccc2NC(=O)Nc2ccc(C)nc2)C1. The Kier molecular flexibility index (Phi) is 7.41. The number of aromatic nitrogens is 1. The molecule has 0 radical (unpaired) electrons. The number of hydrogen-bond donors (Lipinski definition) is 3. The molecule has 30 heavy (non-hydrogen) atoms. The predicted molar refractivity (Wildman–Crippen MR) is 119 cm³/mol. The summed E-state index contributed by atoms with van der Waals surface area (Å²) in [6, 6.07) is 9.30. The number of pyridine rings is 1. The van der Waals surface area contributed by atoms with Crippen LogP contribution in [-0.4, -0.2) is 55.6 Å². The van der Waals surface area contributed by atoms with Gasteiger partial charge in [-0.15, -0.1) is 0 Å². The van der Waals surface area contributed by atoms with Crippen LogP contribution in [0.5, 0.6) is 0 Å². The lowest BCUT2D eigenvalue weighted by Gasteiger charge is -2.30. The molecule has 2 aromatic rings. The molecule has 0 aliphatic carbocycles. The largest absolute Gasteiger partial charge is 0.323 e. The average Bonchev–Trinajstić information content (AvgIpc) is 2.73. The second kappa shape index (κ2) is 10.0. The lowest BCUT2D eigenvalue weighted by atomic mass is 9.97. The number of fused-ring (bicyclic) bond motifs is 1. The van der Waals surface area contributed by atoms with E-state index < -0.39 is 9.84 Å². The third-order valence-corrected chi connectivity index (χ3v) is 6.65. The fraction of sp³-hybridized carbons (Fsp3) is 0.429. The van der Waals surface area contributed by atoms with Crippen LogP contribution in [0, 0.1) is 6.92 Å². The molecule has 0 unspecified atom stereocenters. The molecular weight excluding hydrogens is 402 g/mol. The third-order valence-electron chi connectivity index (χ3n) is 5.13. The molecular formula is C21H29N5O3S. The van der Waals surface area contributed by atoms with Crippen LogP contribution in [0.15, 0.2) is 36.5 Å². The highest BCUT2D eigenvalue weighted by atomic mass is 32.2. The number of nitrogens with one attached hydrogen (secondary N) is 3. The minimum atomic E-state index is -2.99. The Bertz CT molecular complexity index is 977. The van der Waals surface area contributed by atoms with Crippen molar-refractivity contribution in [3.8, 4) is 0 Å². The number of rotatable bonds is 8. The number of carbonyl (C=O) groups excluding carboxylic acids is 1. The topological polar surface area (TPSA) is 103 Å². The van der Waals surface area contributed by atoms with Crippen molar-refractivity contribution >= 4 is 27.2 Å². The first kappa shape index (κ1) is 22.2. The van der Waals surface area contributed by atoms with Gasteiger partial charge >= 0.3 is 6.03 Å². The molecule has 3 rings (SSSR count). The van der Waals surface area contributed by atoms with Crippen molar-refractivity contribution < 1.29 is 13.2 Å². The molecule has 0 spiro atoms. The van der Waals surface area contributed by atoms with Crippen molar-refractivity contribution in [2.24, 2.45) is 0 Å². The molecule has 0 atom stereocenters. The fourth-order valence-electron chi connectivity index (χ4n) is 3.37. The molecule has 2 heterocycles. The van der Waals surface area contributed by atoms with E-state index in [9.17, 15) is 13.2 Å². The maximum Gasteiger partial charge on any atom is 0.323 e. The lowest BCUT2D eigenvalue weighted by molar-refractivity contribution is 0.255. The normalized spacial score (nSPS) is 14.2.